The molecule has 100 valence electrons. The predicted octanol–water partition coefficient (Wildman–Crippen LogP) is 0.964. The number of methoxy groups -OCH3 is 1. The molecule has 1 unspecified atom stereocenters. The normalized spacial score (nSPS) is 21.7. The number of hydrogen-bond acceptors (Lipinski definition) is 3. The summed E-state index contributed by atoms with van der Waals surface area (Å²) >= 11 is 0. The summed E-state index contributed by atoms with van der Waals surface area (Å²) in [5.41, 5.74) is 2.73. The Morgan fingerprint density at radius 3 is 3.06 bits per heavy atom. The molecule has 3 N–H and O–H groups in total. The van der Waals surface area contributed by atoms with Crippen LogP contribution in [0.25, 0.3) is 0 Å². The standard InChI is InChI=1S/C12H26N4O/c1-3-11-6-4-8-16(10-11)12(15-13)14-7-5-9-17-2/h11H,3-10,13H2,1-2H3,(H,14,15). The molecule has 1 rings (SSSR count). The van der Waals surface area contributed by atoms with Crippen LogP contribution < -0.4 is 11.3 Å². The SMILES string of the molecule is CCC1CCCN(C(=NCCCOC)NN)C1. The zero-order valence-electron chi connectivity index (χ0n) is 11.1. The molecule has 1 saturated heterocycles. The Kier molecular flexibility index (Phi) is 6.96. The van der Waals surface area contributed by atoms with Gasteiger partial charge in [-0.1, -0.05) is 13.3 Å². The van der Waals surface area contributed by atoms with E-state index < -0.39 is 0 Å². The number of likely N-dealkylation sites (tertiary alicyclic amines) is 1. The third-order valence-corrected chi connectivity index (χ3v) is 3.29. The van der Waals surface area contributed by atoms with E-state index in [0.29, 0.717) is 0 Å². The summed E-state index contributed by atoms with van der Waals surface area (Å²) in [5.74, 6) is 7.16. The van der Waals surface area contributed by atoms with E-state index in [9.17, 15) is 0 Å². The molecular formula is C12H26N4O. The monoisotopic (exact) mass is 242 g/mol. The molecule has 0 aromatic carbocycles. The van der Waals surface area contributed by atoms with Crippen molar-refractivity contribution in [2.75, 3.05) is 33.4 Å². The van der Waals surface area contributed by atoms with Gasteiger partial charge in [0.05, 0.1) is 0 Å². The van der Waals surface area contributed by atoms with Gasteiger partial charge < -0.3 is 9.64 Å². The van der Waals surface area contributed by atoms with Crippen molar-refractivity contribution in [3.63, 3.8) is 0 Å². The van der Waals surface area contributed by atoms with Crippen LogP contribution in [0, 0.1) is 5.92 Å². The Bertz CT molecular complexity index is 233. The highest BCUT2D eigenvalue weighted by Gasteiger charge is 2.20. The summed E-state index contributed by atoms with van der Waals surface area (Å²) in [6.07, 6.45) is 4.73. The maximum absolute atomic E-state index is 5.55. The van der Waals surface area contributed by atoms with Gasteiger partial charge in [-0.3, -0.25) is 10.4 Å². The Morgan fingerprint density at radius 1 is 1.59 bits per heavy atom. The molecule has 1 fully saturated rings. The summed E-state index contributed by atoms with van der Waals surface area (Å²) in [5, 5.41) is 0. The quantitative estimate of drug-likeness (QED) is 0.248. The number of rotatable bonds is 5. The number of nitrogens with two attached hydrogens (primary N) is 1. The number of nitrogens with one attached hydrogen (secondary N) is 1. The van der Waals surface area contributed by atoms with Gasteiger partial charge in [-0.15, -0.1) is 0 Å². The van der Waals surface area contributed by atoms with E-state index in [2.05, 4.69) is 22.2 Å². The maximum Gasteiger partial charge on any atom is 0.208 e. The Balaban J connectivity index is 2.42. The number of piperidine rings is 1. The topological polar surface area (TPSA) is 62.9 Å². The molecule has 0 saturated carbocycles. The lowest BCUT2D eigenvalue weighted by atomic mass is 9.96. The van der Waals surface area contributed by atoms with Crippen LogP contribution in [0.2, 0.25) is 0 Å². The van der Waals surface area contributed by atoms with E-state index in [1.807, 2.05) is 0 Å². The average Bonchev–Trinajstić information content (AvgIpc) is 2.39. The molecule has 1 atom stereocenters. The number of guanidine groups is 1. The van der Waals surface area contributed by atoms with Gasteiger partial charge in [0.25, 0.3) is 0 Å². The molecule has 0 aromatic heterocycles. The van der Waals surface area contributed by atoms with Gasteiger partial charge >= 0.3 is 0 Å². The van der Waals surface area contributed by atoms with Gasteiger partial charge in [0, 0.05) is 33.4 Å². The smallest absolute Gasteiger partial charge is 0.208 e. The van der Waals surface area contributed by atoms with Crippen LogP contribution in [0.15, 0.2) is 4.99 Å². The Labute approximate surface area is 104 Å². The minimum atomic E-state index is 0.749. The summed E-state index contributed by atoms with van der Waals surface area (Å²) < 4.78 is 5.00. The third kappa shape index (κ3) is 4.91. The van der Waals surface area contributed by atoms with Gasteiger partial charge in [0.15, 0.2) is 0 Å². The second-order valence-electron chi connectivity index (χ2n) is 4.56. The van der Waals surface area contributed by atoms with Gasteiger partial charge in [0.2, 0.25) is 5.96 Å². The van der Waals surface area contributed by atoms with Crippen LogP contribution >= 0.6 is 0 Å². The van der Waals surface area contributed by atoms with Crippen molar-refractivity contribution in [2.24, 2.45) is 16.8 Å². The summed E-state index contributed by atoms with van der Waals surface area (Å²) in [7, 11) is 1.71. The molecule has 0 radical (unpaired) electrons. The number of hydrogen-bond donors (Lipinski definition) is 2. The highest BCUT2D eigenvalue weighted by atomic mass is 16.5. The fourth-order valence-corrected chi connectivity index (χ4v) is 2.22. The lowest BCUT2D eigenvalue weighted by molar-refractivity contribution is 0.196. The van der Waals surface area contributed by atoms with Gasteiger partial charge in [0.1, 0.15) is 0 Å². The molecular weight excluding hydrogens is 216 g/mol. The molecule has 1 aliphatic heterocycles. The first-order valence-corrected chi connectivity index (χ1v) is 6.56. The zero-order chi connectivity index (χ0) is 12.5. The van der Waals surface area contributed by atoms with E-state index in [-0.39, 0.29) is 0 Å². The zero-order valence-corrected chi connectivity index (χ0v) is 11.1. The largest absolute Gasteiger partial charge is 0.385 e. The Hall–Kier alpha value is -0.810. The van der Waals surface area contributed by atoms with Crippen LogP contribution in [-0.4, -0.2) is 44.2 Å². The first-order chi connectivity index (χ1) is 8.31. The van der Waals surface area contributed by atoms with Crippen molar-refractivity contribution < 1.29 is 4.74 Å². The number of hydrazine groups is 1. The van der Waals surface area contributed by atoms with Gasteiger partial charge in [-0.05, 0) is 25.2 Å². The second kappa shape index (κ2) is 8.31. The summed E-state index contributed by atoms with van der Waals surface area (Å²) in [6.45, 7) is 5.90. The number of ether oxygens (including phenoxy) is 1. The molecule has 5 heteroatoms. The predicted molar refractivity (Wildman–Crippen MR) is 70.7 cm³/mol. The molecule has 5 nitrogen and oxygen atoms in total. The maximum atomic E-state index is 5.55. The summed E-state index contributed by atoms with van der Waals surface area (Å²) in [6, 6.07) is 0. The van der Waals surface area contributed by atoms with Crippen molar-refractivity contribution in [1.29, 1.82) is 0 Å². The second-order valence-corrected chi connectivity index (χ2v) is 4.56. The van der Waals surface area contributed by atoms with Crippen molar-refractivity contribution >= 4 is 5.96 Å². The van der Waals surface area contributed by atoms with Crippen LogP contribution in [0.1, 0.15) is 32.6 Å². The van der Waals surface area contributed by atoms with Gasteiger partial charge in [-0.25, -0.2) is 5.84 Å². The summed E-state index contributed by atoms with van der Waals surface area (Å²) in [4.78, 5) is 6.77. The molecule has 0 amide bonds. The number of aliphatic imine (C=N–C) groups is 1. The fraction of sp³-hybridized carbons (Fsp3) is 0.917. The first kappa shape index (κ1) is 14.3. The van der Waals surface area contributed by atoms with Crippen LogP contribution in [-0.2, 0) is 4.74 Å². The number of nitrogens with zero attached hydrogens (tertiary/aromatic N) is 2. The van der Waals surface area contributed by atoms with Crippen LogP contribution in [0.5, 0.6) is 0 Å². The van der Waals surface area contributed by atoms with Crippen molar-refractivity contribution in [1.82, 2.24) is 10.3 Å². The van der Waals surface area contributed by atoms with Crippen LogP contribution in [0.3, 0.4) is 0 Å². The van der Waals surface area contributed by atoms with E-state index in [0.717, 1.165) is 44.5 Å². The minimum Gasteiger partial charge on any atom is -0.385 e. The van der Waals surface area contributed by atoms with Crippen molar-refractivity contribution in [3.8, 4) is 0 Å². The fourth-order valence-electron chi connectivity index (χ4n) is 2.22. The minimum absolute atomic E-state index is 0.749. The van der Waals surface area contributed by atoms with E-state index in [1.54, 1.807) is 7.11 Å². The van der Waals surface area contributed by atoms with E-state index in [4.69, 9.17) is 10.6 Å². The molecule has 0 aromatic rings. The molecule has 1 aliphatic rings. The molecule has 17 heavy (non-hydrogen) atoms. The van der Waals surface area contributed by atoms with E-state index in [1.165, 1.54) is 19.3 Å². The van der Waals surface area contributed by atoms with Crippen molar-refractivity contribution in [3.05, 3.63) is 0 Å². The lowest BCUT2D eigenvalue weighted by Crippen LogP contribution is -2.49. The highest BCUT2D eigenvalue weighted by Crippen LogP contribution is 2.18. The first-order valence-electron chi connectivity index (χ1n) is 6.56. The van der Waals surface area contributed by atoms with Crippen LogP contribution in [0.4, 0.5) is 0 Å². The highest BCUT2D eigenvalue weighted by molar-refractivity contribution is 5.79. The molecule has 0 bridgehead atoms. The molecule has 1 heterocycles. The Morgan fingerprint density at radius 2 is 2.41 bits per heavy atom. The molecule has 0 aliphatic carbocycles. The van der Waals surface area contributed by atoms with E-state index >= 15 is 0 Å². The average molecular weight is 242 g/mol. The van der Waals surface area contributed by atoms with Crippen molar-refractivity contribution in [2.45, 2.75) is 32.6 Å². The molecule has 0 spiro atoms. The lowest BCUT2D eigenvalue weighted by Gasteiger charge is -2.34. The third-order valence-electron chi connectivity index (χ3n) is 3.29. The van der Waals surface area contributed by atoms with Gasteiger partial charge in [-0.2, -0.15) is 0 Å².